The second kappa shape index (κ2) is 6.76. The molecule has 0 unspecified atom stereocenters. The van der Waals surface area contributed by atoms with Crippen LogP contribution in [0.25, 0.3) is 16.4 Å². The van der Waals surface area contributed by atoms with Crippen LogP contribution in [-0.4, -0.2) is 21.5 Å². The van der Waals surface area contributed by atoms with Crippen molar-refractivity contribution in [3.05, 3.63) is 88.0 Å². The Bertz CT molecular complexity index is 1200. The lowest BCUT2D eigenvalue weighted by atomic mass is 10.1. The first-order chi connectivity index (χ1) is 13.1. The highest BCUT2D eigenvalue weighted by molar-refractivity contribution is 6.02. The number of carbonyl (C=O) groups is 1. The van der Waals surface area contributed by atoms with E-state index in [9.17, 15) is 9.59 Å². The van der Waals surface area contributed by atoms with Gasteiger partial charge in [0.05, 0.1) is 24.2 Å². The van der Waals surface area contributed by atoms with Gasteiger partial charge in [-0.1, -0.05) is 48.5 Å². The highest BCUT2D eigenvalue weighted by Gasteiger charge is 2.22. The molecule has 0 saturated heterocycles. The number of benzene rings is 2. The normalized spacial score (nSPS) is 11.2. The summed E-state index contributed by atoms with van der Waals surface area (Å²) in [4.78, 5) is 26.1. The highest BCUT2D eigenvalue weighted by Crippen LogP contribution is 2.24. The van der Waals surface area contributed by atoms with Gasteiger partial charge in [0.25, 0.3) is 0 Å². The average Bonchev–Trinajstić information content (AvgIpc) is 3.05. The van der Waals surface area contributed by atoms with Crippen molar-refractivity contribution >= 4 is 22.4 Å². The van der Waals surface area contributed by atoms with E-state index >= 15 is 0 Å². The molecule has 5 heteroatoms. The topological polar surface area (TPSA) is 52.7 Å². The number of ether oxygens (including phenoxy) is 1. The summed E-state index contributed by atoms with van der Waals surface area (Å²) >= 11 is 0. The maximum atomic E-state index is 13.3. The molecular weight excluding hydrogens is 340 g/mol. The maximum Gasteiger partial charge on any atom is 0.342 e. The van der Waals surface area contributed by atoms with E-state index in [4.69, 9.17) is 4.74 Å². The minimum absolute atomic E-state index is 0.166. The van der Waals surface area contributed by atoms with Crippen LogP contribution in [0.4, 0.5) is 0 Å². The SMILES string of the molecule is CCOC(=O)c1c(C)n(Cc2ccccc2)c(=O)n2c1cc1ccccc12. The van der Waals surface area contributed by atoms with Gasteiger partial charge in [-0.15, -0.1) is 0 Å². The molecule has 0 aliphatic carbocycles. The number of para-hydroxylation sites is 1. The van der Waals surface area contributed by atoms with Gasteiger partial charge in [0.2, 0.25) is 0 Å². The summed E-state index contributed by atoms with van der Waals surface area (Å²) in [5, 5.41) is 0.914. The van der Waals surface area contributed by atoms with E-state index in [1.54, 1.807) is 22.8 Å². The maximum absolute atomic E-state index is 13.3. The van der Waals surface area contributed by atoms with Crippen LogP contribution in [0.2, 0.25) is 0 Å². The summed E-state index contributed by atoms with van der Waals surface area (Å²) in [5.74, 6) is -0.412. The molecule has 0 spiro atoms. The van der Waals surface area contributed by atoms with E-state index in [1.165, 1.54) is 0 Å². The summed E-state index contributed by atoms with van der Waals surface area (Å²) in [6.07, 6.45) is 0. The van der Waals surface area contributed by atoms with Crippen molar-refractivity contribution in [2.75, 3.05) is 6.61 Å². The summed E-state index contributed by atoms with van der Waals surface area (Å²) in [7, 11) is 0. The van der Waals surface area contributed by atoms with Gasteiger partial charge in [0.15, 0.2) is 0 Å². The number of fused-ring (bicyclic) bond motifs is 3. The largest absolute Gasteiger partial charge is 0.462 e. The molecule has 5 nitrogen and oxygen atoms in total. The first-order valence-corrected chi connectivity index (χ1v) is 8.96. The van der Waals surface area contributed by atoms with Crippen molar-refractivity contribution < 1.29 is 9.53 Å². The fourth-order valence-corrected chi connectivity index (χ4v) is 3.54. The summed E-state index contributed by atoms with van der Waals surface area (Å²) in [6, 6.07) is 19.3. The van der Waals surface area contributed by atoms with E-state index < -0.39 is 5.97 Å². The van der Waals surface area contributed by atoms with Gasteiger partial charge in [0.1, 0.15) is 5.56 Å². The molecule has 0 bridgehead atoms. The van der Waals surface area contributed by atoms with Gasteiger partial charge >= 0.3 is 11.7 Å². The number of aromatic nitrogens is 2. The fourth-order valence-electron chi connectivity index (χ4n) is 3.54. The number of nitrogens with zero attached hydrogens (tertiary/aromatic N) is 2. The van der Waals surface area contributed by atoms with Crippen LogP contribution in [-0.2, 0) is 11.3 Å². The summed E-state index contributed by atoms with van der Waals surface area (Å²) in [6.45, 7) is 4.25. The standard InChI is InChI=1S/C22H20N2O3/c1-3-27-21(25)20-15(2)23(14-16-9-5-4-6-10-16)22(26)24-18-12-8-7-11-17(18)13-19(20)24/h4-13H,3,14H2,1-2H3. The first-order valence-electron chi connectivity index (χ1n) is 8.96. The lowest BCUT2D eigenvalue weighted by Gasteiger charge is -2.16. The third kappa shape index (κ3) is 2.81. The Balaban J connectivity index is 2.07. The Hall–Kier alpha value is -3.34. The van der Waals surface area contributed by atoms with Crippen LogP contribution in [0.3, 0.4) is 0 Å². The van der Waals surface area contributed by atoms with Crippen LogP contribution in [0, 0.1) is 6.92 Å². The van der Waals surface area contributed by atoms with Gasteiger partial charge < -0.3 is 4.74 Å². The molecule has 4 rings (SSSR count). The van der Waals surface area contributed by atoms with Crippen LogP contribution in [0.5, 0.6) is 0 Å². The molecule has 0 radical (unpaired) electrons. The number of esters is 1. The lowest BCUT2D eigenvalue weighted by Crippen LogP contribution is -2.31. The number of carbonyl (C=O) groups excluding carboxylic acids is 1. The predicted molar refractivity (Wildman–Crippen MR) is 105 cm³/mol. The minimum Gasteiger partial charge on any atom is -0.462 e. The number of hydrogen-bond donors (Lipinski definition) is 0. The molecule has 0 atom stereocenters. The van der Waals surface area contributed by atoms with Crippen molar-refractivity contribution in [1.29, 1.82) is 0 Å². The molecule has 0 aliphatic heterocycles. The van der Waals surface area contributed by atoms with Crippen molar-refractivity contribution in [2.45, 2.75) is 20.4 Å². The van der Waals surface area contributed by atoms with Crippen LogP contribution >= 0.6 is 0 Å². The molecule has 0 aliphatic rings. The second-order valence-corrected chi connectivity index (χ2v) is 6.46. The summed E-state index contributed by atoms with van der Waals surface area (Å²) in [5.41, 5.74) is 3.24. The molecule has 4 aromatic rings. The average molecular weight is 360 g/mol. The molecule has 2 aromatic carbocycles. The van der Waals surface area contributed by atoms with Crippen LogP contribution < -0.4 is 5.69 Å². The monoisotopic (exact) mass is 360 g/mol. The van der Waals surface area contributed by atoms with Crippen molar-refractivity contribution in [3.8, 4) is 0 Å². The molecule has 0 fully saturated rings. The van der Waals surface area contributed by atoms with E-state index in [2.05, 4.69) is 0 Å². The van der Waals surface area contributed by atoms with Gasteiger partial charge in [0, 0.05) is 11.1 Å². The Morgan fingerprint density at radius 1 is 1.00 bits per heavy atom. The van der Waals surface area contributed by atoms with Crippen molar-refractivity contribution in [1.82, 2.24) is 8.97 Å². The molecule has 27 heavy (non-hydrogen) atoms. The van der Waals surface area contributed by atoms with E-state index in [-0.39, 0.29) is 12.3 Å². The number of hydrogen-bond acceptors (Lipinski definition) is 3. The molecule has 0 saturated carbocycles. The van der Waals surface area contributed by atoms with Gasteiger partial charge in [-0.05, 0) is 31.5 Å². The first kappa shape index (κ1) is 17.1. The van der Waals surface area contributed by atoms with Gasteiger partial charge in [-0.3, -0.25) is 8.97 Å². The van der Waals surface area contributed by atoms with Gasteiger partial charge in [-0.2, -0.15) is 0 Å². The minimum atomic E-state index is -0.412. The van der Waals surface area contributed by atoms with Crippen LogP contribution in [0.15, 0.2) is 65.5 Å². The van der Waals surface area contributed by atoms with E-state index in [0.717, 1.165) is 16.5 Å². The zero-order valence-corrected chi connectivity index (χ0v) is 15.3. The van der Waals surface area contributed by atoms with E-state index in [0.29, 0.717) is 23.3 Å². The molecule has 2 aromatic heterocycles. The van der Waals surface area contributed by atoms with Crippen molar-refractivity contribution in [3.63, 3.8) is 0 Å². The summed E-state index contributed by atoms with van der Waals surface area (Å²) < 4.78 is 8.54. The Labute approximate surface area is 156 Å². The zero-order valence-electron chi connectivity index (χ0n) is 15.3. The van der Waals surface area contributed by atoms with Crippen molar-refractivity contribution in [2.24, 2.45) is 0 Å². The fraction of sp³-hybridized carbons (Fsp3) is 0.182. The third-order valence-corrected chi connectivity index (χ3v) is 4.82. The Morgan fingerprint density at radius 2 is 1.70 bits per heavy atom. The zero-order chi connectivity index (χ0) is 19.0. The molecule has 2 heterocycles. The molecule has 0 amide bonds. The molecule has 136 valence electrons. The van der Waals surface area contributed by atoms with E-state index in [1.807, 2.05) is 60.7 Å². The smallest absolute Gasteiger partial charge is 0.342 e. The molecule has 0 N–H and O–H groups in total. The quantitative estimate of drug-likeness (QED) is 0.520. The van der Waals surface area contributed by atoms with Gasteiger partial charge in [-0.25, -0.2) is 9.59 Å². The van der Waals surface area contributed by atoms with Crippen LogP contribution in [0.1, 0.15) is 28.5 Å². The number of rotatable bonds is 4. The molecular formula is C22H20N2O3. The third-order valence-electron chi connectivity index (χ3n) is 4.82. The lowest BCUT2D eigenvalue weighted by molar-refractivity contribution is 0.0526. The highest BCUT2D eigenvalue weighted by atomic mass is 16.5. The second-order valence-electron chi connectivity index (χ2n) is 6.46. The Morgan fingerprint density at radius 3 is 2.44 bits per heavy atom. The Kier molecular flexibility index (Phi) is 4.28. The predicted octanol–water partition coefficient (Wildman–Crippen LogP) is 3.79.